The highest BCUT2D eigenvalue weighted by Crippen LogP contribution is 2.31. The lowest BCUT2D eigenvalue weighted by Gasteiger charge is -2.42. The number of amides is 3. The van der Waals surface area contributed by atoms with Crippen molar-refractivity contribution in [1.29, 1.82) is 0 Å². The summed E-state index contributed by atoms with van der Waals surface area (Å²) in [6.07, 6.45) is 0. The van der Waals surface area contributed by atoms with Crippen molar-refractivity contribution in [2.75, 3.05) is 26.2 Å². The number of benzene rings is 3. The number of carbonyl (C=O) groups is 2. The maximum absolute atomic E-state index is 12.8. The first-order valence-electron chi connectivity index (χ1n) is 10.9. The van der Waals surface area contributed by atoms with E-state index in [1.807, 2.05) is 42.5 Å². The van der Waals surface area contributed by atoms with E-state index >= 15 is 0 Å². The molecule has 3 N–H and O–H groups in total. The highest BCUT2D eigenvalue weighted by atomic mass is 16.2. The molecule has 0 aliphatic carbocycles. The second kappa shape index (κ2) is 10.2. The lowest BCUT2D eigenvalue weighted by molar-refractivity contribution is -0.126. The monoisotopic (exact) mass is 428 g/mol. The van der Waals surface area contributed by atoms with Crippen molar-refractivity contribution in [3.05, 3.63) is 108 Å². The number of imide groups is 1. The Morgan fingerprint density at radius 2 is 1.06 bits per heavy atom. The van der Waals surface area contributed by atoms with Crippen LogP contribution in [-0.2, 0) is 4.79 Å². The van der Waals surface area contributed by atoms with Gasteiger partial charge in [0.25, 0.3) is 0 Å². The number of rotatable bonds is 6. The van der Waals surface area contributed by atoms with Crippen LogP contribution in [0.2, 0.25) is 0 Å². The van der Waals surface area contributed by atoms with E-state index < -0.39 is 12.1 Å². The zero-order chi connectivity index (χ0) is 22.3. The summed E-state index contributed by atoms with van der Waals surface area (Å²) in [4.78, 5) is 28.8. The maximum atomic E-state index is 12.8. The lowest BCUT2D eigenvalue weighted by atomic mass is 9.96. The Bertz CT molecular complexity index is 980. The SMILES string of the molecule is NC(=O)NC(=O)C(c1ccccc1)N1CCN(C(c2ccccc2)c2ccccc2)CC1. The number of nitrogens with one attached hydrogen (secondary N) is 1. The van der Waals surface area contributed by atoms with E-state index in [2.05, 4.69) is 63.6 Å². The third-order valence-electron chi connectivity index (χ3n) is 5.92. The fourth-order valence-electron chi connectivity index (χ4n) is 4.49. The molecule has 4 rings (SSSR count). The molecule has 1 atom stereocenters. The highest BCUT2D eigenvalue weighted by molar-refractivity contribution is 5.96. The molecule has 1 aliphatic heterocycles. The molecule has 6 nitrogen and oxygen atoms in total. The van der Waals surface area contributed by atoms with E-state index in [9.17, 15) is 9.59 Å². The van der Waals surface area contributed by atoms with E-state index in [1.54, 1.807) is 0 Å². The fraction of sp³-hybridized carbons (Fsp3) is 0.231. The molecule has 0 aromatic heterocycles. The van der Waals surface area contributed by atoms with Crippen LogP contribution in [0.1, 0.15) is 28.8 Å². The van der Waals surface area contributed by atoms with E-state index in [4.69, 9.17) is 5.73 Å². The van der Waals surface area contributed by atoms with Gasteiger partial charge in [0.15, 0.2) is 0 Å². The minimum Gasteiger partial charge on any atom is -0.351 e. The zero-order valence-electron chi connectivity index (χ0n) is 17.9. The zero-order valence-corrected chi connectivity index (χ0v) is 17.9. The van der Waals surface area contributed by atoms with Gasteiger partial charge in [-0.15, -0.1) is 0 Å². The molecule has 0 bridgehead atoms. The Morgan fingerprint density at radius 1 is 0.656 bits per heavy atom. The van der Waals surface area contributed by atoms with Gasteiger partial charge < -0.3 is 5.73 Å². The van der Waals surface area contributed by atoms with Gasteiger partial charge in [-0.25, -0.2) is 4.79 Å². The van der Waals surface area contributed by atoms with Crippen LogP contribution in [0.3, 0.4) is 0 Å². The summed E-state index contributed by atoms with van der Waals surface area (Å²) in [5.74, 6) is -0.389. The molecule has 0 radical (unpaired) electrons. The highest BCUT2D eigenvalue weighted by Gasteiger charge is 2.33. The van der Waals surface area contributed by atoms with Gasteiger partial charge in [0, 0.05) is 26.2 Å². The first-order chi connectivity index (χ1) is 15.6. The minimum absolute atomic E-state index is 0.147. The molecule has 0 spiro atoms. The standard InChI is InChI=1S/C26H28N4O2/c27-26(32)28-25(31)24(22-14-8-3-9-15-22)30-18-16-29(17-19-30)23(20-10-4-1-5-11-20)21-12-6-2-7-13-21/h1-15,23-24H,16-19H2,(H3,27,28,31,32). The first kappa shape index (κ1) is 21.7. The summed E-state index contributed by atoms with van der Waals surface area (Å²) in [5.41, 5.74) is 8.58. The largest absolute Gasteiger partial charge is 0.351 e. The maximum Gasteiger partial charge on any atom is 0.318 e. The number of nitrogens with zero attached hydrogens (tertiary/aromatic N) is 2. The normalized spacial score (nSPS) is 15.9. The van der Waals surface area contributed by atoms with Crippen molar-refractivity contribution in [2.45, 2.75) is 12.1 Å². The predicted molar refractivity (Wildman–Crippen MR) is 125 cm³/mol. The molecular weight excluding hydrogens is 400 g/mol. The molecule has 3 amide bonds. The average molecular weight is 429 g/mol. The van der Waals surface area contributed by atoms with Gasteiger partial charge >= 0.3 is 6.03 Å². The average Bonchev–Trinajstić information content (AvgIpc) is 2.82. The van der Waals surface area contributed by atoms with Gasteiger partial charge in [-0.2, -0.15) is 0 Å². The Hall–Kier alpha value is -3.48. The van der Waals surface area contributed by atoms with Crippen molar-refractivity contribution in [1.82, 2.24) is 15.1 Å². The molecule has 6 heteroatoms. The predicted octanol–water partition coefficient (Wildman–Crippen LogP) is 3.33. The van der Waals surface area contributed by atoms with Crippen LogP contribution in [0.25, 0.3) is 0 Å². The van der Waals surface area contributed by atoms with E-state index in [0.29, 0.717) is 13.1 Å². The van der Waals surface area contributed by atoms with Gasteiger partial charge in [-0.05, 0) is 16.7 Å². The lowest BCUT2D eigenvalue weighted by Crippen LogP contribution is -2.52. The Morgan fingerprint density at radius 3 is 1.50 bits per heavy atom. The van der Waals surface area contributed by atoms with Crippen LogP contribution in [-0.4, -0.2) is 47.9 Å². The molecule has 3 aromatic carbocycles. The van der Waals surface area contributed by atoms with Gasteiger partial charge in [0.05, 0.1) is 6.04 Å². The van der Waals surface area contributed by atoms with Crippen LogP contribution in [0.15, 0.2) is 91.0 Å². The number of hydrogen-bond acceptors (Lipinski definition) is 4. The third-order valence-corrected chi connectivity index (χ3v) is 5.92. The quantitative estimate of drug-likeness (QED) is 0.631. The Labute approximate surface area is 188 Å². The van der Waals surface area contributed by atoms with Crippen molar-refractivity contribution >= 4 is 11.9 Å². The number of nitrogens with two attached hydrogens (primary N) is 1. The van der Waals surface area contributed by atoms with Crippen molar-refractivity contribution in [3.8, 4) is 0 Å². The fourth-order valence-corrected chi connectivity index (χ4v) is 4.49. The minimum atomic E-state index is -0.831. The number of hydrogen-bond donors (Lipinski definition) is 2. The Kier molecular flexibility index (Phi) is 6.94. The topological polar surface area (TPSA) is 78.7 Å². The summed E-state index contributed by atoms with van der Waals surface area (Å²) in [7, 11) is 0. The molecule has 164 valence electrons. The second-order valence-electron chi connectivity index (χ2n) is 7.96. The molecule has 1 aliphatic rings. The molecule has 1 unspecified atom stereocenters. The van der Waals surface area contributed by atoms with Crippen molar-refractivity contribution < 1.29 is 9.59 Å². The summed E-state index contributed by atoms with van der Waals surface area (Å²) in [6, 6.07) is 29.3. The Balaban J connectivity index is 1.55. The van der Waals surface area contributed by atoms with Crippen LogP contribution >= 0.6 is 0 Å². The molecule has 1 saturated heterocycles. The van der Waals surface area contributed by atoms with Gasteiger partial charge in [0.2, 0.25) is 5.91 Å². The van der Waals surface area contributed by atoms with E-state index in [0.717, 1.165) is 18.7 Å². The second-order valence-corrected chi connectivity index (χ2v) is 7.96. The van der Waals surface area contributed by atoms with Gasteiger partial charge in [-0.3, -0.25) is 19.9 Å². The number of piperazine rings is 1. The molecular formula is C26H28N4O2. The molecule has 3 aromatic rings. The number of primary amides is 1. The number of carbonyl (C=O) groups excluding carboxylic acids is 2. The molecule has 1 heterocycles. The van der Waals surface area contributed by atoms with Crippen LogP contribution < -0.4 is 11.1 Å². The molecule has 0 saturated carbocycles. The van der Waals surface area contributed by atoms with Gasteiger partial charge in [0.1, 0.15) is 6.04 Å². The summed E-state index contributed by atoms with van der Waals surface area (Å²) < 4.78 is 0. The smallest absolute Gasteiger partial charge is 0.318 e. The van der Waals surface area contributed by atoms with Crippen LogP contribution in [0, 0.1) is 0 Å². The molecule has 32 heavy (non-hydrogen) atoms. The van der Waals surface area contributed by atoms with E-state index in [-0.39, 0.29) is 11.9 Å². The van der Waals surface area contributed by atoms with Gasteiger partial charge in [-0.1, -0.05) is 91.0 Å². The van der Waals surface area contributed by atoms with Crippen LogP contribution in [0.4, 0.5) is 4.79 Å². The number of urea groups is 1. The first-order valence-corrected chi connectivity index (χ1v) is 10.9. The molecule has 1 fully saturated rings. The summed E-state index contributed by atoms with van der Waals surface area (Å²) in [5, 5.41) is 2.27. The van der Waals surface area contributed by atoms with Crippen LogP contribution in [0.5, 0.6) is 0 Å². The van der Waals surface area contributed by atoms with Crippen molar-refractivity contribution in [3.63, 3.8) is 0 Å². The third kappa shape index (κ3) is 5.04. The van der Waals surface area contributed by atoms with Crippen molar-refractivity contribution in [2.24, 2.45) is 5.73 Å². The van der Waals surface area contributed by atoms with E-state index in [1.165, 1.54) is 11.1 Å². The summed E-state index contributed by atoms with van der Waals surface area (Å²) >= 11 is 0. The summed E-state index contributed by atoms with van der Waals surface area (Å²) in [6.45, 7) is 2.98.